The molecule has 0 aliphatic carbocycles. The summed E-state index contributed by atoms with van der Waals surface area (Å²) >= 11 is 1.74. The number of hydrogen-bond donors (Lipinski definition) is 0. The van der Waals surface area contributed by atoms with Gasteiger partial charge in [0.05, 0.1) is 17.3 Å². The highest BCUT2D eigenvalue weighted by atomic mass is 32.1. The van der Waals surface area contributed by atoms with Gasteiger partial charge in [-0.3, -0.25) is 0 Å². The zero-order valence-corrected chi connectivity index (χ0v) is 10.8. The van der Waals surface area contributed by atoms with Crippen molar-refractivity contribution in [2.24, 2.45) is 0 Å². The average molecular weight is 248 g/mol. The molecule has 0 spiro atoms. The van der Waals surface area contributed by atoms with Crippen LogP contribution < -0.4 is 9.64 Å². The molecule has 0 radical (unpaired) electrons. The molecule has 1 fully saturated rings. The lowest BCUT2D eigenvalue weighted by Crippen LogP contribution is -2.29. The average Bonchev–Trinajstić information content (AvgIpc) is 2.83. The molecule has 1 aliphatic rings. The molecule has 17 heavy (non-hydrogen) atoms. The maximum atomic E-state index is 5.38. The van der Waals surface area contributed by atoms with Crippen LogP contribution in [0, 0.1) is 0 Å². The number of anilines is 1. The Hall–Kier alpha value is -1.29. The number of nitrogens with zero attached hydrogens (tertiary/aromatic N) is 2. The number of rotatable bonds is 2. The van der Waals surface area contributed by atoms with E-state index in [0.717, 1.165) is 34.2 Å². The molecule has 0 unspecified atom stereocenters. The smallest absolute Gasteiger partial charge is 0.186 e. The zero-order valence-electron chi connectivity index (χ0n) is 9.98. The van der Waals surface area contributed by atoms with Crippen molar-refractivity contribution in [3.63, 3.8) is 0 Å². The molecular formula is C13H16N2OS. The van der Waals surface area contributed by atoms with Gasteiger partial charge in [0.2, 0.25) is 0 Å². The maximum absolute atomic E-state index is 5.38. The van der Waals surface area contributed by atoms with Crippen molar-refractivity contribution >= 4 is 26.7 Å². The number of benzene rings is 1. The second-order valence-corrected chi connectivity index (χ2v) is 5.33. The highest BCUT2D eigenvalue weighted by Crippen LogP contribution is 2.35. The largest absolute Gasteiger partial charge is 0.495 e. The summed E-state index contributed by atoms with van der Waals surface area (Å²) in [6.07, 6.45) is 3.92. The fourth-order valence-electron chi connectivity index (χ4n) is 2.29. The quantitative estimate of drug-likeness (QED) is 0.815. The van der Waals surface area contributed by atoms with Crippen LogP contribution in [0.1, 0.15) is 19.3 Å². The molecule has 0 saturated carbocycles. The minimum Gasteiger partial charge on any atom is -0.495 e. The third kappa shape index (κ3) is 1.97. The second kappa shape index (κ2) is 4.53. The molecule has 3 nitrogen and oxygen atoms in total. The number of thiazole rings is 1. The van der Waals surface area contributed by atoms with Crippen molar-refractivity contribution in [1.82, 2.24) is 4.98 Å². The molecule has 90 valence electrons. The molecule has 2 heterocycles. The van der Waals surface area contributed by atoms with Gasteiger partial charge in [0.25, 0.3) is 0 Å². The summed E-state index contributed by atoms with van der Waals surface area (Å²) in [5, 5.41) is 1.14. The fourth-order valence-corrected chi connectivity index (χ4v) is 3.40. The van der Waals surface area contributed by atoms with Gasteiger partial charge in [-0.1, -0.05) is 17.4 Å². The Morgan fingerprint density at radius 2 is 2.06 bits per heavy atom. The van der Waals surface area contributed by atoms with Gasteiger partial charge in [0.1, 0.15) is 5.75 Å². The van der Waals surface area contributed by atoms with Gasteiger partial charge >= 0.3 is 0 Å². The summed E-state index contributed by atoms with van der Waals surface area (Å²) in [4.78, 5) is 7.11. The van der Waals surface area contributed by atoms with Crippen LogP contribution in [0.25, 0.3) is 10.2 Å². The molecule has 0 bridgehead atoms. The van der Waals surface area contributed by atoms with E-state index in [9.17, 15) is 0 Å². The Labute approximate surface area is 105 Å². The highest BCUT2D eigenvalue weighted by Gasteiger charge is 2.16. The van der Waals surface area contributed by atoms with Crippen LogP contribution in [-0.4, -0.2) is 25.2 Å². The van der Waals surface area contributed by atoms with Crippen LogP contribution in [0.15, 0.2) is 18.2 Å². The Morgan fingerprint density at radius 1 is 1.24 bits per heavy atom. The zero-order chi connectivity index (χ0) is 11.7. The van der Waals surface area contributed by atoms with E-state index in [1.807, 2.05) is 12.1 Å². The lowest BCUT2D eigenvalue weighted by Gasteiger charge is -2.25. The fraction of sp³-hybridized carbons (Fsp3) is 0.462. The molecule has 2 aromatic rings. The van der Waals surface area contributed by atoms with E-state index >= 15 is 0 Å². The summed E-state index contributed by atoms with van der Waals surface area (Å²) < 4.78 is 6.54. The lowest BCUT2D eigenvalue weighted by atomic mass is 10.1. The minimum absolute atomic E-state index is 0.934. The van der Waals surface area contributed by atoms with Gasteiger partial charge in [-0.2, -0.15) is 0 Å². The van der Waals surface area contributed by atoms with E-state index in [-0.39, 0.29) is 0 Å². The number of piperidine rings is 1. The predicted molar refractivity (Wildman–Crippen MR) is 72.2 cm³/mol. The molecule has 1 aromatic heterocycles. The van der Waals surface area contributed by atoms with Gasteiger partial charge in [0.15, 0.2) is 5.13 Å². The van der Waals surface area contributed by atoms with Crippen molar-refractivity contribution in [3.05, 3.63) is 18.2 Å². The van der Waals surface area contributed by atoms with Gasteiger partial charge in [-0.05, 0) is 31.4 Å². The van der Waals surface area contributed by atoms with Crippen molar-refractivity contribution in [2.75, 3.05) is 25.1 Å². The number of fused-ring (bicyclic) bond motifs is 1. The molecular weight excluding hydrogens is 232 g/mol. The van der Waals surface area contributed by atoms with E-state index in [2.05, 4.69) is 11.0 Å². The van der Waals surface area contributed by atoms with Gasteiger partial charge in [-0.15, -0.1) is 0 Å². The number of hydrogen-bond acceptors (Lipinski definition) is 4. The first-order chi connectivity index (χ1) is 8.38. The molecule has 1 aromatic carbocycles. The summed E-state index contributed by atoms with van der Waals surface area (Å²) in [6, 6.07) is 6.06. The molecule has 0 N–H and O–H groups in total. The van der Waals surface area contributed by atoms with E-state index in [4.69, 9.17) is 9.72 Å². The van der Waals surface area contributed by atoms with E-state index in [1.165, 1.54) is 19.3 Å². The first kappa shape index (κ1) is 10.8. The summed E-state index contributed by atoms with van der Waals surface area (Å²) in [5.41, 5.74) is 1.05. The molecule has 0 amide bonds. The van der Waals surface area contributed by atoms with Crippen LogP contribution in [0.3, 0.4) is 0 Å². The van der Waals surface area contributed by atoms with Gasteiger partial charge in [-0.25, -0.2) is 4.98 Å². The third-order valence-electron chi connectivity index (χ3n) is 3.21. The minimum atomic E-state index is 0.934. The van der Waals surface area contributed by atoms with E-state index < -0.39 is 0 Å². The van der Waals surface area contributed by atoms with Gasteiger partial charge < -0.3 is 9.64 Å². The van der Waals surface area contributed by atoms with Crippen molar-refractivity contribution in [3.8, 4) is 5.75 Å². The maximum Gasteiger partial charge on any atom is 0.186 e. The van der Waals surface area contributed by atoms with E-state index in [0.29, 0.717) is 0 Å². The summed E-state index contributed by atoms with van der Waals surface area (Å²) in [5.74, 6) is 0.934. The predicted octanol–water partition coefficient (Wildman–Crippen LogP) is 3.30. The summed E-state index contributed by atoms with van der Waals surface area (Å²) in [7, 11) is 1.72. The molecule has 1 aliphatic heterocycles. The van der Waals surface area contributed by atoms with Crippen molar-refractivity contribution in [2.45, 2.75) is 19.3 Å². The van der Waals surface area contributed by atoms with Crippen LogP contribution in [0.4, 0.5) is 5.13 Å². The molecule has 3 rings (SSSR count). The lowest BCUT2D eigenvalue weighted by molar-refractivity contribution is 0.420. The molecule has 4 heteroatoms. The van der Waals surface area contributed by atoms with Crippen molar-refractivity contribution in [1.29, 1.82) is 0 Å². The SMILES string of the molecule is COc1cccc2nc(N3CCCCC3)sc12. The van der Waals surface area contributed by atoms with Crippen LogP contribution in [0.5, 0.6) is 5.75 Å². The Kier molecular flexibility index (Phi) is 2.89. The van der Waals surface area contributed by atoms with Gasteiger partial charge in [0, 0.05) is 13.1 Å². The topological polar surface area (TPSA) is 25.4 Å². The van der Waals surface area contributed by atoms with Crippen LogP contribution in [-0.2, 0) is 0 Å². The first-order valence-corrected chi connectivity index (χ1v) is 6.88. The number of methoxy groups -OCH3 is 1. The Bertz CT molecular complexity index is 517. The monoisotopic (exact) mass is 248 g/mol. The second-order valence-electron chi connectivity index (χ2n) is 4.35. The first-order valence-electron chi connectivity index (χ1n) is 6.07. The van der Waals surface area contributed by atoms with Crippen LogP contribution in [0.2, 0.25) is 0 Å². The van der Waals surface area contributed by atoms with Crippen LogP contribution >= 0.6 is 11.3 Å². The Morgan fingerprint density at radius 3 is 2.82 bits per heavy atom. The highest BCUT2D eigenvalue weighted by molar-refractivity contribution is 7.22. The van der Waals surface area contributed by atoms with Crippen molar-refractivity contribution < 1.29 is 4.74 Å². The number of aromatic nitrogens is 1. The normalized spacial score (nSPS) is 16.4. The van der Waals surface area contributed by atoms with E-state index in [1.54, 1.807) is 18.4 Å². The molecule has 0 atom stereocenters. The number of ether oxygens (including phenoxy) is 1. The molecule has 1 saturated heterocycles. The standard InChI is InChI=1S/C13H16N2OS/c1-16-11-7-5-6-10-12(11)17-13(14-10)15-8-3-2-4-9-15/h5-7H,2-4,8-9H2,1H3. The third-order valence-corrected chi connectivity index (χ3v) is 4.36. The Balaban J connectivity index is 2.00. The summed E-state index contributed by atoms with van der Waals surface area (Å²) in [6.45, 7) is 2.28.